The zero-order chi connectivity index (χ0) is 19.4. The maximum absolute atomic E-state index is 12.7. The van der Waals surface area contributed by atoms with Crippen molar-refractivity contribution < 1.29 is 14.4 Å². The first kappa shape index (κ1) is 19.0. The highest BCUT2D eigenvalue weighted by atomic mass is 32.2. The first-order valence-electron chi connectivity index (χ1n) is 7.97. The number of hydrogen-bond donors (Lipinski definition) is 2. The number of ketones is 1. The summed E-state index contributed by atoms with van der Waals surface area (Å²) in [5.74, 6) is -0.525. The molecular formula is C18H16N4O3S2. The van der Waals surface area contributed by atoms with Crippen LogP contribution in [-0.2, 0) is 9.59 Å². The highest BCUT2D eigenvalue weighted by Crippen LogP contribution is 2.29. The third-order valence-electron chi connectivity index (χ3n) is 3.52. The molecule has 138 valence electrons. The zero-order valence-corrected chi connectivity index (χ0v) is 16.2. The van der Waals surface area contributed by atoms with Gasteiger partial charge in [-0.15, -0.1) is 11.3 Å². The van der Waals surface area contributed by atoms with Gasteiger partial charge in [-0.2, -0.15) is 0 Å². The van der Waals surface area contributed by atoms with Crippen LogP contribution in [-0.4, -0.2) is 33.3 Å². The van der Waals surface area contributed by atoms with Crippen LogP contribution in [0.4, 0.5) is 11.4 Å². The molecule has 0 saturated heterocycles. The molecule has 3 rings (SSSR count). The van der Waals surface area contributed by atoms with Crippen LogP contribution in [0.1, 0.15) is 24.2 Å². The molecule has 1 aromatic carbocycles. The van der Waals surface area contributed by atoms with Gasteiger partial charge in [0.05, 0.1) is 11.4 Å². The van der Waals surface area contributed by atoms with E-state index in [1.165, 1.54) is 43.3 Å². The Bertz CT molecular complexity index is 1030. The minimum absolute atomic E-state index is 0.153. The summed E-state index contributed by atoms with van der Waals surface area (Å²) in [5.41, 5.74) is 1.25. The lowest BCUT2D eigenvalue weighted by Gasteiger charge is -2.12. The molecule has 7 nitrogen and oxygen atoms in total. The van der Waals surface area contributed by atoms with Gasteiger partial charge < -0.3 is 10.6 Å². The molecule has 0 fully saturated rings. The second-order valence-electron chi connectivity index (χ2n) is 5.65. The average molecular weight is 400 g/mol. The number of hydrogen-bond acceptors (Lipinski definition) is 7. The molecule has 2 aromatic heterocycles. The molecule has 0 radical (unpaired) electrons. The van der Waals surface area contributed by atoms with Crippen molar-refractivity contribution in [2.45, 2.75) is 18.9 Å². The van der Waals surface area contributed by atoms with Crippen molar-refractivity contribution >= 4 is 62.3 Å². The Labute approximate surface area is 163 Å². The molecule has 2 heterocycles. The highest BCUT2D eigenvalue weighted by molar-refractivity contribution is 8.00. The highest BCUT2D eigenvalue weighted by Gasteiger charge is 2.15. The van der Waals surface area contributed by atoms with Crippen LogP contribution < -0.4 is 10.6 Å². The fourth-order valence-electron chi connectivity index (χ4n) is 2.46. The van der Waals surface area contributed by atoms with Gasteiger partial charge in [-0.3, -0.25) is 14.4 Å². The summed E-state index contributed by atoms with van der Waals surface area (Å²) in [6.07, 6.45) is 1.48. The summed E-state index contributed by atoms with van der Waals surface area (Å²) in [6.45, 7) is 2.75. The summed E-state index contributed by atoms with van der Waals surface area (Å²) in [4.78, 5) is 44.8. The quantitative estimate of drug-likeness (QED) is 0.373. The van der Waals surface area contributed by atoms with Gasteiger partial charge in [0.15, 0.2) is 5.78 Å². The maximum atomic E-state index is 12.7. The van der Waals surface area contributed by atoms with Gasteiger partial charge in [0.1, 0.15) is 16.2 Å². The Kier molecular flexibility index (Phi) is 5.82. The Balaban J connectivity index is 1.81. The lowest BCUT2D eigenvalue weighted by atomic mass is 10.1. The number of Topliss-reactive ketones (excluding diaryl/α,β-unsaturated/α-hetero) is 1. The van der Waals surface area contributed by atoms with E-state index in [1.807, 2.05) is 11.4 Å². The Hall–Kier alpha value is -2.78. The average Bonchev–Trinajstić information content (AvgIpc) is 3.08. The molecule has 0 atom stereocenters. The van der Waals surface area contributed by atoms with Crippen LogP contribution in [0.15, 0.2) is 41.0 Å². The first-order valence-corrected chi connectivity index (χ1v) is 9.84. The normalized spacial score (nSPS) is 10.6. The minimum Gasteiger partial charge on any atom is -0.326 e. The Morgan fingerprint density at radius 1 is 1.07 bits per heavy atom. The van der Waals surface area contributed by atoms with Gasteiger partial charge in [-0.1, -0.05) is 11.8 Å². The fraction of sp³-hybridized carbons (Fsp3) is 0.167. The number of rotatable bonds is 6. The van der Waals surface area contributed by atoms with E-state index in [0.29, 0.717) is 16.9 Å². The maximum Gasteiger partial charge on any atom is 0.221 e. The number of thiophene rings is 1. The van der Waals surface area contributed by atoms with E-state index < -0.39 is 0 Å². The van der Waals surface area contributed by atoms with E-state index in [2.05, 4.69) is 20.6 Å². The lowest BCUT2D eigenvalue weighted by Crippen LogP contribution is -2.14. The molecule has 0 saturated carbocycles. The van der Waals surface area contributed by atoms with Crippen LogP contribution in [0.5, 0.6) is 0 Å². The standard InChI is InChI=1S/C18H16N4O3S2/c1-10(23)21-12-3-4-13(15(7-12)22-11(2)24)16(25)8-27-18-14-5-6-26-17(14)19-9-20-18/h3-7,9H,8H2,1-2H3,(H,21,23)(H,22,24). The predicted octanol–water partition coefficient (Wildman–Crippen LogP) is 3.58. The molecule has 0 aliphatic carbocycles. The van der Waals surface area contributed by atoms with Gasteiger partial charge in [0.2, 0.25) is 11.8 Å². The monoisotopic (exact) mass is 400 g/mol. The number of thioether (sulfide) groups is 1. The van der Waals surface area contributed by atoms with E-state index >= 15 is 0 Å². The smallest absolute Gasteiger partial charge is 0.221 e. The molecule has 27 heavy (non-hydrogen) atoms. The summed E-state index contributed by atoms with van der Waals surface area (Å²) >= 11 is 2.84. The van der Waals surface area contributed by atoms with Crippen LogP contribution in [0.25, 0.3) is 10.2 Å². The third-order valence-corrected chi connectivity index (χ3v) is 5.34. The van der Waals surface area contributed by atoms with Gasteiger partial charge in [-0.05, 0) is 29.6 Å². The van der Waals surface area contributed by atoms with Crippen LogP contribution in [0, 0.1) is 0 Å². The van der Waals surface area contributed by atoms with Crippen molar-refractivity contribution in [2.75, 3.05) is 16.4 Å². The molecule has 0 bridgehead atoms. The predicted molar refractivity (Wildman–Crippen MR) is 108 cm³/mol. The van der Waals surface area contributed by atoms with Crippen molar-refractivity contribution in [1.29, 1.82) is 0 Å². The SMILES string of the molecule is CC(=O)Nc1ccc(C(=O)CSc2ncnc3sccc23)c(NC(C)=O)c1. The van der Waals surface area contributed by atoms with Crippen molar-refractivity contribution in [3.8, 4) is 0 Å². The van der Waals surface area contributed by atoms with E-state index in [-0.39, 0.29) is 23.4 Å². The number of anilines is 2. The minimum atomic E-state index is -0.299. The number of fused-ring (bicyclic) bond motifs is 1. The van der Waals surface area contributed by atoms with E-state index in [1.54, 1.807) is 18.2 Å². The molecular weight excluding hydrogens is 384 g/mol. The first-order chi connectivity index (χ1) is 12.9. The van der Waals surface area contributed by atoms with Crippen LogP contribution in [0.3, 0.4) is 0 Å². The molecule has 0 aliphatic rings. The lowest BCUT2D eigenvalue weighted by molar-refractivity contribution is -0.115. The Morgan fingerprint density at radius 3 is 2.59 bits per heavy atom. The molecule has 0 unspecified atom stereocenters. The van der Waals surface area contributed by atoms with E-state index in [9.17, 15) is 14.4 Å². The number of nitrogens with one attached hydrogen (secondary N) is 2. The zero-order valence-electron chi connectivity index (χ0n) is 14.6. The molecule has 2 amide bonds. The van der Waals surface area contributed by atoms with Crippen molar-refractivity contribution in [3.05, 3.63) is 41.5 Å². The van der Waals surface area contributed by atoms with Crippen LogP contribution >= 0.6 is 23.1 Å². The second-order valence-corrected chi connectivity index (χ2v) is 7.51. The fourth-order valence-corrected chi connectivity index (χ4v) is 4.12. The summed E-state index contributed by atoms with van der Waals surface area (Å²) in [6, 6.07) is 6.73. The molecule has 3 aromatic rings. The van der Waals surface area contributed by atoms with Crippen molar-refractivity contribution in [2.24, 2.45) is 0 Å². The topological polar surface area (TPSA) is 101 Å². The van der Waals surface area contributed by atoms with E-state index in [4.69, 9.17) is 0 Å². The molecule has 0 aliphatic heterocycles. The van der Waals surface area contributed by atoms with Gasteiger partial charge >= 0.3 is 0 Å². The molecule has 2 N–H and O–H groups in total. The molecule has 9 heteroatoms. The largest absolute Gasteiger partial charge is 0.326 e. The summed E-state index contributed by atoms with van der Waals surface area (Å²) in [5, 5.41) is 8.88. The second kappa shape index (κ2) is 8.28. The third kappa shape index (κ3) is 4.69. The number of amides is 2. The van der Waals surface area contributed by atoms with Crippen molar-refractivity contribution in [1.82, 2.24) is 9.97 Å². The number of nitrogens with zero attached hydrogens (tertiary/aromatic N) is 2. The van der Waals surface area contributed by atoms with E-state index in [0.717, 1.165) is 15.2 Å². The summed E-state index contributed by atoms with van der Waals surface area (Å²) < 4.78 is 0. The van der Waals surface area contributed by atoms with Gasteiger partial charge in [0, 0.05) is 30.5 Å². The Morgan fingerprint density at radius 2 is 1.85 bits per heavy atom. The van der Waals surface area contributed by atoms with Gasteiger partial charge in [-0.25, -0.2) is 9.97 Å². The van der Waals surface area contributed by atoms with Crippen LogP contribution in [0.2, 0.25) is 0 Å². The van der Waals surface area contributed by atoms with Gasteiger partial charge in [0.25, 0.3) is 0 Å². The number of aromatic nitrogens is 2. The summed E-state index contributed by atoms with van der Waals surface area (Å²) in [7, 11) is 0. The number of carbonyl (C=O) groups excluding carboxylic acids is 3. The molecule has 0 spiro atoms. The van der Waals surface area contributed by atoms with Crippen molar-refractivity contribution in [3.63, 3.8) is 0 Å². The number of carbonyl (C=O) groups is 3. The number of benzene rings is 1.